The standard InChI is InChI=1S/C13H17ClN2O/c14-12-7-10(9-16-5-1-2-6-16)3-4-11(12)13(17)8-15/h3-4,7-8,13,15,17H,1-2,5-6,9H2. The molecule has 2 rings (SSSR count). The number of halogens is 1. The number of aliphatic hydroxyl groups excluding tert-OH is 1. The molecule has 1 atom stereocenters. The topological polar surface area (TPSA) is 47.3 Å². The molecule has 1 saturated heterocycles. The van der Waals surface area contributed by atoms with Crippen molar-refractivity contribution in [3.05, 3.63) is 34.3 Å². The lowest BCUT2D eigenvalue weighted by molar-refractivity contribution is 0.252. The summed E-state index contributed by atoms with van der Waals surface area (Å²) in [6, 6.07) is 5.68. The first-order chi connectivity index (χ1) is 8.20. The molecule has 1 aliphatic heterocycles. The zero-order valence-corrected chi connectivity index (χ0v) is 10.5. The van der Waals surface area contributed by atoms with Crippen molar-refractivity contribution >= 4 is 17.8 Å². The van der Waals surface area contributed by atoms with E-state index in [-0.39, 0.29) is 0 Å². The quantitative estimate of drug-likeness (QED) is 0.810. The van der Waals surface area contributed by atoms with Gasteiger partial charge in [-0.3, -0.25) is 4.90 Å². The molecule has 3 nitrogen and oxygen atoms in total. The second-order valence-electron chi connectivity index (χ2n) is 4.45. The van der Waals surface area contributed by atoms with E-state index in [1.165, 1.54) is 12.8 Å². The maximum atomic E-state index is 9.55. The Morgan fingerprint density at radius 2 is 2.12 bits per heavy atom. The van der Waals surface area contributed by atoms with Gasteiger partial charge in [0.05, 0.1) is 0 Å². The fourth-order valence-electron chi connectivity index (χ4n) is 2.20. The number of benzene rings is 1. The van der Waals surface area contributed by atoms with Gasteiger partial charge in [-0.25, -0.2) is 0 Å². The highest BCUT2D eigenvalue weighted by Gasteiger charge is 2.13. The maximum absolute atomic E-state index is 9.55. The van der Waals surface area contributed by atoms with Crippen LogP contribution in [-0.4, -0.2) is 29.3 Å². The molecule has 0 radical (unpaired) electrons. The Balaban J connectivity index is 2.09. The summed E-state index contributed by atoms with van der Waals surface area (Å²) >= 11 is 6.11. The molecule has 1 heterocycles. The molecule has 1 aromatic rings. The number of hydrogen-bond acceptors (Lipinski definition) is 3. The van der Waals surface area contributed by atoms with Crippen LogP contribution in [0.4, 0.5) is 0 Å². The molecule has 1 unspecified atom stereocenters. The third-order valence-electron chi connectivity index (χ3n) is 3.15. The minimum absolute atomic E-state index is 0.540. The van der Waals surface area contributed by atoms with Crippen LogP contribution in [0.1, 0.15) is 30.1 Å². The van der Waals surface area contributed by atoms with E-state index in [9.17, 15) is 5.11 Å². The minimum atomic E-state index is -0.900. The van der Waals surface area contributed by atoms with E-state index in [4.69, 9.17) is 17.0 Å². The molecule has 4 heteroatoms. The number of hydrogen-bond donors (Lipinski definition) is 2. The molecular weight excluding hydrogens is 236 g/mol. The van der Waals surface area contributed by atoms with Gasteiger partial charge < -0.3 is 10.5 Å². The smallest absolute Gasteiger partial charge is 0.115 e. The van der Waals surface area contributed by atoms with Crippen molar-refractivity contribution in [2.45, 2.75) is 25.5 Å². The van der Waals surface area contributed by atoms with Gasteiger partial charge in [0.25, 0.3) is 0 Å². The Bertz CT molecular complexity index is 402. The van der Waals surface area contributed by atoms with Gasteiger partial charge in [-0.05, 0) is 37.6 Å². The molecular formula is C13H17ClN2O. The van der Waals surface area contributed by atoms with Gasteiger partial charge in [0.15, 0.2) is 0 Å². The van der Waals surface area contributed by atoms with Crippen molar-refractivity contribution < 1.29 is 5.11 Å². The molecule has 0 aromatic heterocycles. The van der Waals surface area contributed by atoms with Crippen molar-refractivity contribution in [1.29, 1.82) is 5.41 Å². The fraction of sp³-hybridized carbons (Fsp3) is 0.462. The molecule has 0 saturated carbocycles. The second kappa shape index (κ2) is 5.63. The number of likely N-dealkylation sites (tertiary alicyclic amines) is 1. The Labute approximate surface area is 107 Å². The molecule has 0 spiro atoms. The third-order valence-corrected chi connectivity index (χ3v) is 3.47. The number of aliphatic hydroxyl groups is 1. The van der Waals surface area contributed by atoms with E-state index >= 15 is 0 Å². The van der Waals surface area contributed by atoms with E-state index < -0.39 is 6.10 Å². The molecule has 0 bridgehead atoms. The van der Waals surface area contributed by atoms with Crippen LogP contribution in [0, 0.1) is 5.41 Å². The van der Waals surface area contributed by atoms with Crippen LogP contribution >= 0.6 is 11.6 Å². The summed E-state index contributed by atoms with van der Waals surface area (Å²) in [5.74, 6) is 0. The summed E-state index contributed by atoms with van der Waals surface area (Å²) in [6.45, 7) is 3.23. The Hall–Kier alpha value is -0.900. The van der Waals surface area contributed by atoms with Crippen LogP contribution in [0.25, 0.3) is 0 Å². The van der Waals surface area contributed by atoms with Crippen molar-refractivity contribution in [2.24, 2.45) is 0 Å². The van der Waals surface area contributed by atoms with Crippen LogP contribution in [0.5, 0.6) is 0 Å². The highest BCUT2D eigenvalue weighted by Crippen LogP contribution is 2.24. The first-order valence-electron chi connectivity index (χ1n) is 5.90. The minimum Gasteiger partial charge on any atom is -0.383 e. The van der Waals surface area contributed by atoms with Crippen LogP contribution < -0.4 is 0 Å². The Kier molecular flexibility index (Phi) is 4.15. The largest absolute Gasteiger partial charge is 0.383 e. The van der Waals surface area contributed by atoms with Crippen LogP contribution in [0.2, 0.25) is 5.02 Å². The van der Waals surface area contributed by atoms with Crippen LogP contribution in [-0.2, 0) is 6.54 Å². The van der Waals surface area contributed by atoms with Gasteiger partial charge in [0, 0.05) is 23.3 Å². The molecule has 1 aromatic carbocycles. The zero-order valence-electron chi connectivity index (χ0n) is 9.69. The first kappa shape index (κ1) is 12.6. The molecule has 2 N–H and O–H groups in total. The lowest BCUT2D eigenvalue weighted by Gasteiger charge is -2.16. The molecule has 0 aliphatic carbocycles. The predicted octanol–water partition coefficient (Wildman–Crippen LogP) is 2.62. The van der Waals surface area contributed by atoms with Gasteiger partial charge in [-0.15, -0.1) is 0 Å². The molecule has 1 aliphatic rings. The van der Waals surface area contributed by atoms with Gasteiger partial charge in [0.2, 0.25) is 0 Å². The van der Waals surface area contributed by atoms with E-state index in [1.54, 1.807) is 0 Å². The number of nitrogens with one attached hydrogen (secondary N) is 1. The van der Waals surface area contributed by atoms with Crippen molar-refractivity contribution in [2.75, 3.05) is 13.1 Å². The lowest BCUT2D eigenvalue weighted by Crippen LogP contribution is -2.18. The number of rotatable bonds is 4. The van der Waals surface area contributed by atoms with E-state index in [0.29, 0.717) is 10.6 Å². The summed E-state index contributed by atoms with van der Waals surface area (Å²) in [4.78, 5) is 2.40. The average Bonchev–Trinajstić information content (AvgIpc) is 2.81. The van der Waals surface area contributed by atoms with Gasteiger partial charge >= 0.3 is 0 Å². The Morgan fingerprint density at radius 3 is 2.71 bits per heavy atom. The van der Waals surface area contributed by atoms with Gasteiger partial charge in [0.1, 0.15) is 6.10 Å². The van der Waals surface area contributed by atoms with Gasteiger partial charge in [-0.2, -0.15) is 0 Å². The van der Waals surface area contributed by atoms with E-state index in [1.807, 2.05) is 18.2 Å². The zero-order chi connectivity index (χ0) is 12.3. The summed E-state index contributed by atoms with van der Waals surface area (Å²) in [7, 11) is 0. The third kappa shape index (κ3) is 3.06. The SMILES string of the molecule is N=CC(O)c1ccc(CN2CCCC2)cc1Cl. The first-order valence-corrected chi connectivity index (χ1v) is 6.28. The monoisotopic (exact) mass is 252 g/mol. The van der Waals surface area contributed by atoms with Crippen molar-refractivity contribution in [3.8, 4) is 0 Å². The van der Waals surface area contributed by atoms with E-state index in [0.717, 1.165) is 31.4 Å². The van der Waals surface area contributed by atoms with Crippen LogP contribution in [0.3, 0.4) is 0 Å². The van der Waals surface area contributed by atoms with Crippen molar-refractivity contribution in [3.63, 3.8) is 0 Å². The molecule has 0 amide bonds. The predicted molar refractivity (Wildman–Crippen MR) is 69.7 cm³/mol. The summed E-state index contributed by atoms with van der Waals surface area (Å²) in [5.41, 5.74) is 1.77. The number of nitrogens with zero attached hydrogens (tertiary/aromatic N) is 1. The van der Waals surface area contributed by atoms with Crippen molar-refractivity contribution in [1.82, 2.24) is 4.90 Å². The van der Waals surface area contributed by atoms with E-state index in [2.05, 4.69) is 4.90 Å². The summed E-state index contributed by atoms with van der Waals surface area (Å²) < 4.78 is 0. The summed E-state index contributed by atoms with van der Waals surface area (Å²) in [6.07, 6.45) is 2.64. The molecule has 1 fully saturated rings. The molecule has 17 heavy (non-hydrogen) atoms. The maximum Gasteiger partial charge on any atom is 0.115 e. The average molecular weight is 253 g/mol. The van der Waals surface area contributed by atoms with Gasteiger partial charge in [-0.1, -0.05) is 23.7 Å². The lowest BCUT2D eigenvalue weighted by atomic mass is 10.1. The highest BCUT2D eigenvalue weighted by molar-refractivity contribution is 6.31. The second-order valence-corrected chi connectivity index (χ2v) is 4.86. The van der Waals surface area contributed by atoms with Crippen LogP contribution in [0.15, 0.2) is 18.2 Å². The molecule has 92 valence electrons. The Morgan fingerprint density at radius 1 is 1.41 bits per heavy atom. The fourth-order valence-corrected chi connectivity index (χ4v) is 2.51. The summed E-state index contributed by atoms with van der Waals surface area (Å²) in [5, 5.41) is 17.1. The highest BCUT2D eigenvalue weighted by atomic mass is 35.5. The normalized spacial score (nSPS) is 18.2.